The summed E-state index contributed by atoms with van der Waals surface area (Å²) in [7, 11) is 0. The normalized spacial score (nSPS) is 11.3. The molecule has 1 aromatic heterocycles. The highest BCUT2D eigenvalue weighted by molar-refractivity contribution is 6.29. The molecule has 0 saturated carbocycles. The fourth-order valence-corrected chi connectivity index (χ4v) is 2.44. The zero-order chi connectivity index (χ0) is 13.7. The fourth-order valence-electron chi connectivity index (χ4n) is 2.22. The Morgan fingerprint density at radius 1 is 1.22 bits per heavy atom. The quantitative estimate of drug-likeness (QED) is 0.729. The molecule has 0 unspecified atom stereocenters. The molecule has 1 heterocycles. The lowest BCUT2D eigenvalue weighted by atomic mass is 10.1. The van der Waals surface area contributed by atoms with Gasteiger partial charge in [0.15, 0.2) is 0 Å². The van der Waals surface area contributed by atoms with Gasteiger partial charge in [-0.25, -0.2) is 9.97 Å². The maximum absolute atomic E-state index is 6.04. The van der Waals surface area contributed by atoms with Crippen LogP contribution in [0.2, 0.25) is 5.15 Å². The van der Waals surface area contributed by atoms with Crippen molar-refractivity contribution in [1.82, 2.24) is 9.97 Å². The van der Waals surface area contributed by atoms with Crippen LogP contribution in [0.15, 0.2) is 6.07 Å². The zero-order valence-corrected chi connectivity index (χ0v) is 12.8. The van der Waals surface area contributed by atoms with E-state index in [0.29, 0.717) is 17.1 Å². The minimum atomic E-state index is 0.512. The van der Waals surface area contributed by atoms with Gasteiger partial charge in [-0.3, -0.25) is 0 Å². The van der Waals surface area contributed by atoms with Crippen molar-refractivity contribution in [2.24, 2.45) is 5.92 Å². The van der Waals surface area contributed by atoms with Crippen molar-refractivity contribution >= 4 is 17.4 Å². The zero-order valence-electron chi connectivity index (χ0n) is 12.1. The van der Waals surface area contributed by atoms with Gasteiger partial charge in [-0.15, -0.1) is 0 Å². The average molecular weight is 270 g/mol. The molecule has 0 aliphatic rings. The minimum Gasteiger partial charge on any atom is -0.353 e. The number of aryl methyl sites for hydroxylation is 1. The number of anilines is 1. The number of halogens is 1. The molecule has 1 aromatic rings. The van der Waals surface area contributed by atoms with Gasteiger partial charge in [-0.1, -0.05) is 39.3 Å². The van der Waals surface area contributed by atoms with Gasteiger partial charge in [0.05, 0.1) is 0 Å². The standard InChI is InChI=1S/C14H24ClN3/c1-6-12(7-2)18(9-10(3)4)14-8-13(15)16-11(5)17-14/h8,10,12H,6-7,9H2,1-5H3. The van der Waals surface area contributed by atoms with Crippen molar-refractivity contribution in [2.45, 2.75) is 53.5 Å². The van der Waals surface area contributed by atoms with E-state index in [4.69, 9.17) is 11.6 Å². The summed E-state index contributed by atoms with van der Waals surface area (Å²) in [5.41, 5.74) is 0. The second kappa shape index (κ2) is 6.93. The lowest BCUT2D eigenvalue weighted by molar-refractivity contribution is 0.502. The average Bonchev–Trinajstić information content (AvgIpc) is 2.27. The van der Waals surface area contributed by atoms with Crippen LogP contribution in [0.5, 0.6) is 0 Å². The third-order valence-electron chi connectivity index (χ3n) is 3.03. The van der Waals surface area contributed by atoms with E-state index in [1.807, 2.05) is 13.0 Å². The molecule has 0 fully saturated rings. The summed E-state index contributed by atoms with van der Waals surface area (Å²) < 4.78 is 0. The van der Waals surface area contributed by atoms with Crippen LogP contribution in [0, 0.1) is 12.8 Å². The number of rotatable bonds is 6. The van der Waals surface area contributed by atoms with E-state index in [2.05, 4.69) is 42.6 Å². The molecule has 0 amide bonds. The van der Waals surface area contributed by atoms with Crippen LogP contribution < -0.4 is 4.90 Å². The van der Waals surface area contributed by atoms with Crippen LogP contribution in [0.3, 0.4) is 0 Å². The molecule has 0 spiro atoms. The van der Waals surface area contributed by atoms with Crippen molar-refractivity contribution in [2.75, 3.05) is 11.4 Å². The maximum Gasteiger partial charge on any atom is 0.134 e. The molecule has 1 rings (SSSR count). The van der Waals surface area contributed by atoms with Crippen molar-refractivity contribution in [3.63, 3.8) is 0 Å². The van der Waals surface area contributed by atoms with Crippen LogP contribution in [0.4, 0.5) is 5.82 Å². The summed E-state index contributed by atoms with van der Waals surface area (Å²) in [6, 6.07) is 2.38. The first-order valence-electron chi connectivity index (χ1n) is 6.75. The monoisotopic (exact) mass is 269 g/mol. The van der Waals surface area contributed by atoms with Gasteiger partial charge in [0.2, 0.25) is 0 Å². The Kier molecular flexibility index (Phi) is 5.86. The molecule has 0 N–H and O–H groups in total. The van der Waals surface area contributed by atoms with Gasteiger partial charge in [-0.2, -0.15) is 0 Å². The van der Waals surface area contributed by atoms with Gasteiger partial charge in [0.25, 0.3) is 0 Å². The smallest absolute Gasteiger partial charge is 0.134 e. The van der Waals surface area contributed by atoms with Crippen molar-refractivity contribution in [3.8, 4) is 0 Å². The molecule has 0 aromatic carbocycles. The second-order valence-corrected chi connectivity index (χ2v) is 5.50. The molecule has 0 aliphatic heterocycles. The number of hydrogen-bond donors (Lipinski definition) is 0. The van der Waals surface area contributed by atoms with Crippen LogP contribution in [0.1, 0.15) is 46.4 Å². The molecule has 4 heteroatoms. The fraction of sp³-hybridized carbons (Fsp3) is 0.714. The summed E-state index contributed by atoms with van der Waals surface area (Å²) in [5.74, 6) is 2.28. The SMILES string of the molecule is CCC(CC)N(CC(C)C)c1cc(Cl)nc(C)n1. The number of aromatic nitrogens is 2. The maximum atomic E-state index is 6.04. The van der Waals surface area contributed by atoms with E-state index in [9.17, 15) is 0 Å². The van der Waals surface area contributed by atoms with Gasteiger partial charge in [-0.05, 0) is 25.7 Å². The topological polar surface area (TPSA) is 29.0 Å². The summed E-state index contributed by atoms with van der Waals surface area (Å²) in [4.78, 5) is 11.0. The van der Waals surface area contributed by atoms with E-state index in [0.717, 1.165) is 31.0 Å². The third kappa shape index (κ3) is 4.13. The molecule has 18 heavy (non-hydrogen) atoms. The Morgan fingerprint density at radius 3 is 2.28 bits per heavy atom. The highest BCUT2D eigenvalue weighted by atomic mass is 35.5. The third-order valence-corrected chi connectivity index (χ3v) is 3.23. The van der Waals surface area contributed by atoms with Gasteiger partial charge in [0, 0.05) is 18.7 Å². The Labute approximate surface area is 116 Å². The summed E-state index contributed by atoms with van der Waals surface area (Å²) in [5, 5.41) is 0.525. The molecule has 0 saturated heterocycles. The lowest BCUT2D eigenvalue weighted by Gasteiger charge is -2.33. The van der Waals surface area contributed by atoms with Crippen LogP contribution in [-0.2, 0) is 0 Å². The predicted molar refractivity (Wildman–Crippen MR) is 78.3 cm³/mol. The lowest BCUT2D eigenvalue weighted by Crippen LogP contribution is -2.38. The Bertz CT molecular complexity index is 355. The first-order chi connectivity index (χ1) is 8.47. The van der Waals surface area contributed by atoms with Gasteiger partial charge in [0.1, 0.15) is 16.8 Å². The van der Waals surface area contributed by atoms with Crippen LogP contribution >= 0.6 is 11.6 Å². The Balaban J connectivity index is 3.07. The summed E-state index contributed by atoms with van der Waals surface area (Å²) in [6.07, 6.45) is 2.23. The second-order valence-electron chi connectivity index (χ2n) is 5.11. The number of hydrogen-bond acceptors (Lipinski definition) is 3. The Hall–Kier alpha value is -0.830. The minimum absolute atomic E-state index is 0.512. The highest BCUT2D eigenvalue weighted by Crippen LogP contribution is 2.22. The largest absolute Gasteiger partial charge is 0.353 e. The van der Waals surface area contributed by atoms with E-state index < -0.39 is 0 Å². The van der Waals surface area contributed by atoms with Crippen molar-refractivity contribution in [3.05, 3.63) is 17.0 Å². The van der Waals surface area contributed by atoms with E-state index in [1.165, 1.54) is 0 Å². The predicted octanol–water partition coefficient (Wildman–Crippen LogP) is 4.09. The van der Waals surface area contributed by atoms with E-state index >= 15 is 0 Å². The van der Waals surface area contributed by atoms with Gasteiger partial charge >= 0.3 is 0 Å². The molecule has 102 valence electrons. The Morgan fingerprint density at radius 2 is 1.83 bits per heavy atom. The van der Waals surface area contributed by atoms with Crippen molar-refractivity contribution < 1.29 is 0 Å². The van der Waals surface area contributed by atoms with Gasteiger partial charge < -0.3 is 4.90 Å². The highest BCUT2D eigenvalue weighted by Gasteiger charge is 2.19. The molecule has 3 nitrogen and oxygen atoms in total. The summed E-state index contributed by atoms with van der Waals surface area (Å²) in [6.45, 7) is 11.8. The van der Waals surface area contributed by atoms with E-state index in [1.54, 1.807) is 0 Å². The first-order valence-corrected chi connectivity index (χ1v) is 7.13. The first kappa shape index (κ1) is 15.2. The molecular weight excluding hydrogens is 246 g/mol. The van der Waals surface area contributed by atoms with Crippen LogP contribution in [0.25, 0.3) is 0 Å². The molecular formula is C14H24ClN3. The molecule has 0 bridgehead atoms. The molecule has 0 radical (unpaired) electrons. The molecule has 0 aliphatic carbocycles. The number of nitrogens with zero attached hydrogens (tertiary/aromatic N) is 3. The van der Waals surface area contributed by atoms with E-state index in [-0.39, 0.29) is 0 Å². The molecule has 0 atom stereocenters. The van der Waals surface area contributed by atoms with Crippen LogP contribution in [-0.4, -0.2) is 22.6 Å². The summed E-state index contributed by atoms with van der Waals surface area (Å²) >= 11 is 6.04. The van der Waals surface area contributed by atoms with Crippen molar-refractivity contribution in [1.29, 1.82) is 0 Å².